The Morgan fingerprint density at radius 1 is 1.73 bits per heavy atom. The van der Waals surface area contributed by atoms with Gasteiger partial charge in [-0.3, -0.25) is 4.79 Å². The molecule has 0 bridgehead atoms. The smallest absolute Gasteiger partial charge is 0.236 e. The number of amides is 1. The molecule has 0 radical (unpaired) electrons. The number of hydrogen-bond acceptors (Lipinski definition) is 4. The van der Waals surface area contributed by atoms with Crippen LogP contribution in [0.2, 0.25) is 0 Å². The van der Waals surface area contributed by atoms with Gasteiger partial charge in [0, 0.05) is 0 Å². The number of rotatable bonds is 4. The van der Waals surface area contributed by atoms with Crippen molar-refractivity contribution in [3.05, 3.63) is 0 Å². The van der Waals surface area contributed by atoms with Crippen molar-refractivity contribution >= 4 is 5.91 Å². The molecule has 0 saturated heterocycles. The maximum Gasteiger partial charge on any atom is 0.236 e. The average molecular weight is 161 g/mol. The second kappa shape index (κ2) is 5.06. The maximum absolute atomic E-state index is 10.9. The second-order valence-corrected chi connectivity index (χ2v) is 2.32. The van der Waals surface area contributed by atoms with E-state index < -0.39 is 6.23 Å². The van der Waals surface area contributed by atoms with E-state index in [0.29, 0.717) is 0 Å². The molecule has 66 valence electrons. The number of likely N-dealkylation sites (N-methyl/N-ethyl adjacent to an activating group) is 1. The summed E-state index contributed by atoms with van der Waals surface area (Å²) >= 11 is 0. The van der Waals surface area contributed by atoms with Crippen LogP contribution in [0.3, 0.4) is 0 Å². The van der Waals surface area contributed by atoms with Crippen molar-refractivity contribution in [2.75, 3.05) is 13.6 Å². The van der Waals surface area contributed by atoms with Gasteiger partial charge in [0.25, 0.3) is 0 Å². The van der Waals surface area contributed by atoms with Crippen LogP contribution < -0.4 is 16.4 Å². The van der Waals surface area contributed by atoms with E-state index >= 15 is 0 Å². The molecule has 0 spiro atoms. The third-order valence-corrected chi connectivity index (χ3v) is 1.31. The molecule has 0 aromatic heterocycles. The quantitative estimate of drug-likeness (QED) is 0.359. The predicted molar refractivity (Wildman–Crippen MR) is 41.7 cm³/mol. The van der Waals surface area contributed by atoms with Crippen LogP contribution in [0.1, 0.15) is 6.92 Å². The summed E-state index contributed by atoms with van der Waals surface area (Å²) in [6, 6.07) is -0.256. The van der Waals surface area contributed by atoms with Crippen LogP contribution in [-0.4, -0.2) is 36.9 Å². The van der Waals surface area contributed by atoms with Gasteiger partial charge in [-0.15, -0.1) is 0 Å². The van der Waals surface area contributed by atoms with E-state index in [1.54, 1.807) is 14.0 Å². The van der Waals surface area contributed by atoms with Crippen molar-refractivity contribution in [1.29, 1.82) is 0 Å². The van der Waals surface area contributed by atoms with E-state index in [1.807, 2.05) is 0 Å². The number of aliphatic hydroxyl groups excluding tert-OH is 1. The largest absolute Gasteiger partial charge is 0.377 e. The van der Waals surface area contributed by atoms with Gasteiger partial charge in [-0.25, -0.2) is 0 Å². The predicted octanol–water partition coefficient (Wildman–Crippen LogP) is -2.01. The lowest BCUT2D eigenvalue weighted by atomic mass is 10.3. The van der Waals surface area contributed by atoms with E-state index in [9.17, 15) is 4.79 Å². The Morgan fingerprint density at radius 3 is 2.64 bits per heavy atom. The van der Waals surface area contributed by atoms with Crippen LogP contribution in [0.4, 0.5) is 0 Å². The van der Waals surface area contributed by atoms with Gasteiger partial charge >= 0.3 is 0 Å². The molecule has 5 N–H and O–H groups in total. The second-order valence-electron chi connectivity index (χ2n) is 2.32. The van der Waals surface area contributed by atoms with Gasteiger partial charge in [0.1, 0.15) is 6.23 Å². The van der Waals surface area contributed by atoms with Gasteiger partial charge in [-0.2, -0.15) is 0 Å². The zero-order valence-electron chi connectivity index (χ0n) is 6.79. The van der Waals surface area contributed by atoms with Crippen LogP contribution in [-0.2, 0) is 4.79 Å². The third kappa shape index (κ3) is 4.72. The fourth-order valence-electron chi connectivity index (χ4n) is 0.489. The lowest BCUT2D eigenvalue weighted by Gasteiger charge is -2.11. The van der Waals surface area contributed by atoms with Crippen LogP contribution >= 0.6 is 0 Å². The highest BCUT2D eigenvalue weighted by Crippen LogP contribution is 1.78. The number of aliphatic hydroxyl groups is 1. The van der Waals surface area contributed by atoms with Crippen molar-refractivity contribution in [3.8, 4) is 0 Å². The third-order valence-electron chi connectivity index (χ3n) is 1.31. The first-order valence-electron chi connectivity index (χ1n) is 3.46. The van der Waals surface area contributed by atoms with Crippen molar-refractivity contribution < 1.29 is 9.90 Å². The molecule has 0 aliphatic carbocycles. The number of carbonyl (C=O) groups excluding carboxylic acids is 1. The highest BCUT2D eigenvalue weighted by molar-refractivity contribution is 5.81. The summed E-state index contributed by atoms with van der Waals surface area (Å²) in [6.45, 7) is 1.81. The summed E-state index contributed by atoms with van der Waals surface area (Å²) in [6.07, 6.45) is -0.983. The summed E-state index contributed by atoms with van der Waals surface area (Å²) in [5, 5.41) is 13.8. The minimum atomic E-state index is -0.983. The Labute approximate surface area is 66.0 Å². The highest BCUT2D eigenvalue weighted by Gasteiger charge is 2.09. The molecule has 0 rings (SSSR count). The molecule has 11 heavy (non-hydrogen) atoms. The Hall–Kier alpha value is -0.650. The van der Waals surface area contributed by atoms with Crippen molar-refractivity contribution in [3.63, 3.8) is 0 Å². The number of carbonyl (C=O) groups is 1. The first kappa shape index (κ1) is 10.3. The van der Waals surface area contributed by atoms with E-state index in [2.05, 4.69) is 10.6 Å². The Bertz CT molecular complexity index is 127. The highest BCUT2D eigenvalue weighted by atomic mass is 16.3. The van der Waals surface area contributed by atoms with Crippen molar-refractivity contribution in [2.45, 2.75) is 19.2 Å². The normalized spacial score (nSPS) is 15.6. The van der Waals surface area contributed by atoms with Crippen LogP contribution in [0.5, 0.6) is 0 Å². The van der Waals surface area contributed by atoms with Gasteiger partial charge < -0.3 is 21.5 Å². The summed E-state index contributed by atoms with van der Waals surface area (Å²) in [4.78, 5) is 10.9. The van der Waals surface area contributed by atoms with Gasteiger partial charge in [0.05, 0.1) is 12.6 Å². The van der Waals surface area contributed by atoms with E-state index in [0.717, 1.165) is 0 Å². The first-order valence-corrected chi connectivity index (χ1v) is 3.46. The molecule has 1 amide bonds. The first-order chi connectivity index (χ1) is 5.07. The average Bonchev–Trinajstić information content (AvgIpc) is 1.98. The van der Waals surface area contributed by atoms with Gasteiger partial charge in [0.15, 0.2) is 0 Å². The van der Waals surface area contributed by atoms with Crippen LogP contribution in [0.15, 0.2) is 0 Å². The molecule has 0 saturated carbocycles. The number of hydrogen-bond donors (Lipinski definition) is 4. The molecule has 1 unspecified atom stereocenters. The maximum atomic E-state index is 10.9. The summed E-state index contributed by atoms with van der Waals surface area (Å²) in [5.41, 5.74) is 5.00. The van der Waals surface area contributed by atoms with Crippen LogP contribution in [0.25, 0.3) is 0 Å². The fourth-order valence-corrected chi connectivity index (χ4v) is 0.489. The fraction of sp³-hybridized carbons (Fsp3) is 0.833. The van der Waals surface area contributed by atoms with Crippen molar-refractivity contribution in [2.24, 2.45) is 5.73 Å². The van der Waals surface area contributed by atoms with Gasteiger partial charge in [0.2, 0.25) is 5.91 Å². The minimum absolute atomic E-state index is 0.0881. The summed E-state index contributed by atoms with van der Waals surface area (Å²) in [5.74, 6) is -0.169. The van der Waals surface area contributed by atoms with Crippen molar-refractivity contribution in [1.82, 2.24) is 10.6 Å². The molecule has 0 aromatic carbocycles. The lowest BCUT2D eigenvalue weighted by Crippen LogP contribution is -2.45. The monoisotopic (exact) mass is 161 g/mol. The molecule has 5 heteroatoms. The molecule has 5 nitrogen and oxygen atoms in total. The zero-order chi connectivity index (χ0) is 8.85. The zero-order valence-corrected chi connectivity index (χ0v) is 6.79. The molecular weight excluding hydrogens is 146 g/mol. The molecule has 0 aromatic rings. The van der Waals surface area contributed by atoms with Gasteiger partial charge in [-0.05, 0) is 14.0 Å². The topological polar surface area (TPSA) is 87.4 Å². The summed E-state index contributed by atoms with van der Waals surface area (Å²) in [7, 11) is 1.68. The summed E-state index contributed by atoms with van der Waals surface area (Å²) < 4.78 is 0. The van der Waals surface area contributed by atoms with Gasteiger partial charge in [-0.1, -0.05) is 0 Å². The van der Waals surface area contributed by atoms with E-state index in [4.69, 9.17) is 10.8 Å². The molecular formula is C6H15N3O2. The SMILES string of the molecule is CN[C@H](C)C(=O)NCC(N)O. The Kier molecular flexibility index (Phi) is 4.76. The Balaban J connectivity index is 3.52. The lowest BCUT2D eigenvalue weighted by molar-refractivity contribution is -0.123. The van der Waals surface area contributed by atoms with Crippen LogP contribution in [0, 0.1) is 0 Å². The number of nitrogens with one attached hydrogen (secondary N) is 2. The molecule has 0 heterocycles. The molecule has 0 aliphatic heterocycles. The standard InChI is InChI=1S/C6H15N3O2/c1-4(8-2)6(11)9-3-5(7)10/h4-5,8,10H,3,7H2,1-2H3,(H,9,11)/t4-,5?/m1/s1. The molecule has 2 atom stereocenters. The molecule has 0 fully saturated rings. The Morgan fingerprint density at radius 2 is 2.27 bits per heavy atom. The van der Waals surface area contributed by atoms with E-state index in [1.165, 1.54) is 0 Å². The molecule has 0 aliphatic rings. The van der Waals surface area contributed by atoms with E-state index in [-0.39, 0.29) is 18.5 Å². The number of nitrogens with two attached hydrogens (primary N) is 1. The minimum Gasteiger partial charge on any atom is -0.377 e.